The molecule has 0 spiro atoms. The summed E-state index contributed by atoms with van der Waals surface area (Å²) < 4.78 is 12.1. The van der Waals surface area contributed by atoms with E-state index in [-0.39, 0.29) is 59.9 Å². The van der Waals surface area contributed by atoms with Crippen LogP contribution < -0.4 is 16.4 Å². The zero-order valence-corrected chi connectivity index (χ0v) is 37.1. The lowest BCUT2D eigenvalue weighted by Gasteiger charge is -2.41. The molecule has 4 amide bonds. The summed E-state index contributed by atoms with van der Waals surface area (Å²) in [6.45, 7) is 15.3. The maximum Gasteiger partial charge on any atom is 0.245 e. The normalized spacial score (nSPS) is 18.8. The van der Waals surface area contributed by atoms with Gasteiger partial charge in [-0.3, -0.25) is 24.1 Å². The Kier molecular flexibility index (Phi) is 19.5. The van der Waals surface area contributed by atoms with E-state index in [0.29, 0.717) is 32.5 Å². The summed E-state index contributed by atoms with van der Waals surface area (Å²) in [5, 5.41) is 9.04. The number of carbonyl (C=O) groups excluding carboxylic acids is 4. The second-order valence-corrected chi connectivity index (χ2v) is 17.3. The lowest BCUT2D eigenvalue weighted by Crippen LogP contribution is -2.60. The molecule has 3 rings (SSSR count). The van der Waals surface area contributed by atoms with Crippen LogP contribution in [0, 0.1) is 23.7 Å². The summed E-state index contributed by atoms with van der Waals surface area (Å²) in [4.78, 5) is 66.3. The predicted octanol–water partition coefficient (Wildman–Crippen LogP) is 4.52. The van der Waals surface area contributed by atoms with Gasteiger partial charge in [0.25, 0.3) is 0 Å². The average molecular weight is 814 g/mol. The third-order valence-corrected chi connectivity index (χ3v) is 12.6. The van der Waals surface area contributed by atoms with Crippen molar-refractivity contribution in [2.45, 2.75) is 123 Å². The Morgan fingerprint density at radius 3 is 2.21 bits per heavy atom. The molecular weight excluding hydrogens is 743 g/mol. The molecule has 1 aromatic heterocycles. The van der Waals surface area contributed by atoms with E-state index < -0.39 is 36.3 Å². The fraction of sp³-hybridized carbons (Fsp3) is 0.698. The van der Waals surface area contributed by atoms with Crippen LogP contribution in [0.3, 0.4) is 0 Å². The smallest absolute Gasteiger partial charge is 0.245 e. The number of hydrogen-bond acceptors (Lipinski definition) is 10. The lowest BCUT2D eigenvalue weighted by molar-refractivity contribution is -0.148. The Hall–Kier alpha value is -3.43. The number of hydrogen-bond donors (Lipinski definition) is 3. The van der Waals surface area contributed by atoms with Crippen molar-refractivity contribution in [2.75, 3.05) is 47.9 Å². The number of nitrogens with one attached hydrogen (secondary N) is 2. The van der Waals surface area contributed by atoms with Crippen LogP contribution in [0.2, 0.25) is 0 Å². The number of thiazole rings is 1. The van der Waals surface area contributed by atoms with E-state index in [2.05, 4.69) is 29.5 Å². The molecule has 14 heteroatoms. The molecule has 2 unspecified atom stereocenters. The van der Waals surface area contributed by atoms with Crippen molar-refractivity contribution in [1.82, 2.24) is 30.3 Å². The third-order valence-electron chi connectivity index (χ3n) is 11.7. The quantitative estimate of drug-likeness (QED) is 0.147. The molecule has 0 saturated carbocycles. The van der Waals surface area contributed by atoms with Crippen molar-refractivity contribution in [3.05, 3.63) is 52.5 Å². The van der Waals surface area contributed by atoms with Gasteiger partial charge in [0.1, 0.15) is 11.0 Å². The van der Waals surface area contributed by atoms with Gasteiger partial charge in [0.2, 0.25) is 23.6 Å². The number of likely N-dealkylation sites (N-methyl/N-ethyl adjacent to an activating group) is 2. The second-order valence-electron chi connectivity index (χ2n) is 16.4. The standard InChI is InChI=1S/C43H71N7O6S/c1-12-29(6)38(49(9)43(54)36(27(2)3)47-41(53)37(28(4)5)48(8)23-20-44)34(55-10)26-35(51)50-22-16-19-33(50)39(56-11)30(7)40(52)46-32(42-45-21-24-57-42)25-31-17-14-13-15-18-31/h13-15,17-18,21,24,27-30,32-34,36-39H,12,16,19-20,22-23,25-26,44H2,1-11H3,(H,46,52)(H,47,53)/t29-,30+,32-,33-,34+,36-,37?,38?,39+/m0/s1. The van der Waals surface area contributed by atoms with Crippen LogP contribution in [0.15, 0.2) is 41.9 Å². The molecule has 4 N–H and O–H groups in total. The van der Waals surface area contributed by atoms with E-state index in [1.165, 1.54) is 11.3 Å². The fourth-order valence-electron chi connectivity index (χ4n) is 8.39. The van der Waals surface area contributed by atoms with Crippen molar-refractivity contribution >= 4 is 35.0 Å². The Bertz CT molecular complexity index is 1530. The van der Waals surface area contributed by atoms with Crippen molar-refractivity contribution in [3.63, 3.8) is 0 Å². The SMILES string of the molecule is CC[C@H](C)C([C@@H](CC(=O)N1CCC[C@H]1[C@H](OC)[C@@H](C)C(=O)N[C@@H](Cc1ccccc1)c1nccs1)OC)N(C)C(=O)[C@@H](NC(=O)C(C(C)C)N(C)CCN)C(C)C. The number of amides is 4. The molecule has 0 bridgehead atoms. The van der Waals surface area contributed by atoms with E-state index in [4.69, 9.17) is 15.2 Å². The molecule has 1 aliphatic rings. The first-order valence-electron chi connectivity index (χ1n) is 20.7. The maximum atomic E-state index is 14.4. The molecule has 9 atom stereocenters. The van der Waals surface area contributed by atoms with Gasteiger partial charge in [0.15, 0.2) is 0 Å². The molecule has 57 heavy (non-hydrogen) atoms. The van der Waals surface area contributed by atoms with E-state index in [9.17, 15) is 19.2 Å². The van der Waals surface area contributed by atoms with Gasteiger partial charge in [-0.1, -0.05) is 85.2 Å². The van der Waals surface area contributed by atoms with Gasteiger partial charge in [-0.15, -0.1) is 11.3 Å². The molecule has 2 aromatic rings. The first-order chi connectivity index (χ1) is 27.1. The summed E-state index contributed by atoms with van der Waals surface area (Å²) in [6, 6.07) is 7.70. The summed E-state index contributed by atoms with van der Waals surface area (Å²) in [5.74, 6) is -1.50. The lowest BCUT2D eigenvalue weighted by atomic mass is 9.89. The highest BCUT2D eigenvalue weighted by molar-refractivity contribution is 7.09. The average Bonchev–Trinajstić information content (AvgIpc) is 3.90. The zero-order valence-electron chi connectivity index (χ0n) is 36.3. The monoisotopic (exact) mass is 814 g/mol. The molecule has 1 fully saturated rings. The number of carbonyl (C=O) groups is 4. The predicted molar refractivity (Wildman–Crippen MR) is 226 cm³/mol. The van der Waals surface area contributed by atoms with E-state index in [1.54, 1.807) is 32.4 Å². The number of aromatic nitrogens is 1. The Labute approximate surface area is 345 Å². The van der Waals surface area contributed by atoms with E-state index in [1.807, 2.05) is 87.2 Å². The Balaban J connectivity index is 1.79. The van der Waals surface area contributed by atoms with E-state index in [0.717, 1.165) is 23.4 Å². The highest BCUT2D eigenvalue weighted by Gasteiger charge is 2.43. The highest BCUT2D eigenvalue weighted by Crippen LogP contribution is 2.30. The molecule has 0 aliphatic carbocycles. The van der Waals surface area contributed by atoms with Crippen LogP contribution >= 0.6 is 11.3 Å². The van der Waals surface area contributed by atoms with Gasteiger partial charge in [-0.25, -0.2) is 4.98 Å². The van der Waals surface area contributed by atoms with Gasteiger partial charge in [-0.05, 0) is 49.6 Å². The highest BCUT2D eigenvalue weighted by atomic mass is 32.1. The largest absolute Gasteiger partial charge is 0.379 e. The number of methoxy groups -OCH3 is 2. The number of nitrogens with two attached hydrogens (primary N) is 1. The van der Waals surface area contributed by atoms with Crippen LogP contribution in [0.4, 0.5) is 0 Å². The second kappa shape index (κ2) is 23.2. The van der Waals surface area contributed by atoms with Crippen molar-refractivity contribution in [2.24, 2.45) is 29.4 Å². The molecule has 13 nitrogen and oxygen atoms in total. The van der Waals surface area contributed by atoms with E-state index >= 15 is 0 Å². The van der Waals surface area contributed by atoms with Crippen LogP contribution in [0.5, 0.6) is 0 Å². The van der Waals surface area contributed by atoms with Gasteiger partial charge >= 0.3 is 0 Å². The maximum absolute atomic E-state index is 14.4. The minimum absolute atomic E-state index is 0.00325. The molecular formula is C43H71N7O6S. The number of likely N-dealkylation sites (tertiary alicyclic amines) is 1. The molecule has 1 saturated heterocycles. The summed E-state index contributed by atoms with van der Waals surface area (Å²) in [5.41, 5.74) is 6.90. The van der Waals surface area contributed by atoms with Crippen molar-refractivity contribution < 1.29 is 28.7 Å². The number of nitrogens with zero attached hydrogens (tertiary/aromatic N) is 4. The van der Waals surface area contributed by atoms with Gasteiger partial charge in [0.05, 0.1) is 48.7 Å². The zero-order chi connectivity index (χ0) is 42.4. The number of rotatable bonds is 23. The number of ether oxygens (including phenoxy) is 2. The Morgan fingerprint density at radius 2 is 1.67 bits per heavy atom. The van der Waals surface area contributed by atoms with Crippen LogP contribution in [0.25, 0.3) is 0 Å². The molecule has 1 aliphatic heterocycles. The van der Waals surface area contributed by atoms with Crippen molar-refractivity contribution in [3.8, 4) is 0 Å². The third kappa shape index (κ3) is 12.8. The van der Waals surface area contributed by atoms with Crippen LogP contribution in [0.1, 0.15) is 90.8 Å². The summed E-state index contributed by atoms with van der Waals surface area (Å²) in [6.07, 6.45) is 3.43. The minimum Gasteiger partial charge on any atom is -0.379 e. The van der Waals surface area contributed by atoms with Crippen LogP contribution in [-0.4, -0.2) is 128 Å². The first-order valence-corrected chi connectivity index (χ1v) is 21.5. The minimum atomic E-state index is -0.782. The number of benzene rings is 1. The van der Waals surface area contributed by atoms with Gasteiger partial charge < -0.3 is 35.6 Å². The Morgan fingerprint density at radius 1 is 0.982 bits per heavy atom. The molecule has 320 valence electrons. The van der Waals surface area contributed by atoms with Crippen LogP contribution in [-0.2, 0) is 35.1 Å². The van der Waals surface area contributed by atoms with Gasteiger partial charge in [-0.2, -0.15) is 0 Å². The van der Waals surface area contributed by atoms with Crippen molar-refractivity contribution in [1.29, 1.82) is 0 Å². The summed E-state index contributed by atoms with van der Waals surface area (Å²) >= 11 is 1.50. The summed E-state index contributed by atoms with van der Waals surface area (Å²) in [7, 11) is 6.79. The first kappa shape index (κ1) is 47.9. The topological polar surface area (TPSA) is 159 Å². The molecule has 2 heterocycles. The fourth-order valence-corrected chi connectivity index (χ4v) is 9.08. The molecule has 1 aromatic carbocycles. The molecule has 0 radical (unpaired) electrons. The van der Waals surface area contributed by atoms with Gasteiger partial charge in [0, 0.05) is 52.5 Å².